The van der Waals surface area contributed by atoms with Crippen LogP contribution in [0.1, 0.15) is 37.8 Å². The first-order valence-electron chi connectivity index (χ1n) is 6.59. The van der Waals surface area contributed by atoms with E-state index in [4.69, 9.17) is 0 Å². The predicted octanol–water partition coefficient (Wildman–Crippen LogP) is 3.02. The summed E-state index contributed by atoms with van der Waals surface area (Å²) in [6.07, 6.45) is 1.84. The maximum atomic E-state index is 11.2. The monoisotopic (exact) mass is 261 g/mol. The van der Waals surface area contributed by atoms with Gasteiger partial charge >= 0.3 is 5.97 Å². The summed E-state index contributed by atoms with van der Waals surface area (Å²) in [7, 11) is 1.39. The highest BCUT2D eigenvalue weighted by Crippen LogP contribution is 2.14. The molecule has 0 bridgehead atoms. The highest BCUT2D eigenvalue weighted by molar-refractivity contribution is 5.87. The van der Waals surface area contributed by atoms with Crippen molar-refractivity contribution in [3.05, 3.63) is 47.0 Å². The lowest BCUT2D eigenvalue weighted by molar-refractivity contribution is -0.136. The van der Waals surface area contributed by atoms with Crippen LogP contribution >= 0.6 is 0 Å². The summed E-state index contributed by atoms with van der Waals surface area (Å²) >= 11 is 0. The molecule has 3 heteroatoms. The molecule has 0 saturated heterocycles. The first-order chi connectivity index (χ1) is 9.04. The van der Waals surface area contributed by atoms with Gasteiger partial charge in [0.2, 0.25) is 0 Å². The number of methoxy groups -OCH3 is 1. The minimum atomic E-state index is -0.275. The second kappa shape index (κ2) is 7.74. The standard InChI is InChI=1S/C16H23NO2/c1-12(2)15-7-5-14(6-8-15)11-17-10-9-13(3)16(18)19-4/h5-9,12,17H,10-11H2,1-4H3/b13-9+. The van der Waals surface area contributed by atoms with Crippen LogP contribution in [0.4, 0.5) is 0 Å². The van der Waals surface area contributed by atoms with Gasteiger partial charge in [0, 0.05) is 18.7 Å². The average molecular weight is 261 g/mol. The van der Waals surface area contributed by atoms with Crippen LogP contribution in [0.25, 0.3) is 0 Å². The quantitative estimate of drug-likeness (QED) is 0.486. The molecule has 1 aromatic carbocycles. The van der Waals surface area contributed by atoms with Gasteiger partial charge in [-0.3, -0.25) is 0 Å². The van der Waals surface area contributed by atoms with Crippen molar-refractivity contribution in [2.24, 2.45) is 0 Å². The lowest BCUT2D eigenvalue weighted by Gasteiger charge is -2.07. The minimum Gasteiger partial charge on any atom is -0.466 e. The van der Waals surface area contributed by atoms with Gasteiger partial charge < -0.3 is 10.1 Å². The van der Waals surface area contributed by atoms with Crippen molar-refractivity contribution in [1.29, 1.82) is 0 Å². The van der Waals surface area contributed by atoms with E-state index in [1.165, 1.54) is 18.2 Å². The van der Waals surface area contributed by atoms with E-state index in [0.29, 0.717) is 18.0 Å². The van der Waals surface area contributed by atoms with Gasteiger partial charge in [0.1, 0.15) is 0 Å². The largest absolute Gasteiger partial charge is 0.466 e. The van der Waals surface area contributed by atoms with Gasteiger partial charge in [0.25, 0.3) is 0 Å². The molecule has 0 heterocycles. The molecule has 0 aromatic heterocycles. The van der Waals surface area contributed by atoms with E-state index in [1.807, 2.05) is 6.08 Å². The van der Waals surface area contributed by atoms with Crippen LogP contribution in [-0.2, 0) is 16.1 Å². The van der Waals surface area contributed by atoms with E-state index in [-0.39, 0.29) is 5.97 Å². The third-order valence-corrected chi connectivity index (χ3v) is 3.04. The van der Waals surface area contributed by atoms with Crippen molar-refractivity contribution in [1.82, 2.24) is 5.32 Å². The van der Waals surface area contributed by atoms with Crippen LogP contribution < -0.4 is 5.32 Å². The van der Waals surface area contributed by atoms with Crippen LogP contribution in [0.5, 0.6) is 0 Å². The fraction of sp³-hybridized carbons (Fsp3) is 0.438. The van der Waals surface area contributed by atoms with Gasteiger partial charge in [-0.15, -0.1) is 0 Å². The topological polar surface area (TPSA) is 38.3 Å². The van der Waals surface area contributed by atoms with Gasteiger partial charge in [-0.2, -0.15) is 0 Å². The number of rotatable bonds is 6. The molecule has 0 atom stereocenters. The maximum absolute atomic E-state index is 11.2. The zero-order chi connectivity index (χ0) is 14.3. The van der Waals surface area contributed by atoms with Gasteiger partial charge in [-0.25, -0.2) is 4.79 Å². The van der Waals surface area contributed by atoms with Gasteiger partial charge in [0.05, 0.1) is 7.11 Å². The summed E-state index contributed by atoms with van der Waals surface area (Å²) in [6, 6.07) is 8.60. The summed E-state index contributed by atoms with van der Waals surface area (Å²) < 4.78 is 4.63. The summed E-state index contributed by atoms with van der Waals surface area (Å²) in [6.45, 7) is 7.59. The molecule has 0 saturated carbocycles. The fourth-order valence-corrected chi connectivity index (χ4v) is 1.71. The number of benzene rings is 1. The number of carbonyl (C=O) groups excluding carboxylic acids is 1. The molecule has 0 aliphatic carbocycles. The van der Waals surface area contributed by atoms with Crippen LogP contribution in [0.2, 0.25) is 0 Å². The zero-order valence-electron chi connectivity index (χ0n) is 12.2. The van der Waals surface area contributed by atoms with Crippen molar-refractivity contribution in [2.75, 3.05) is 13.7 Å². The van der Waals surface area contributed by atoms with E-state index >= 15 is 0 Å². The number of hydrogen-bond donors (Lipinski definition) is 1. The van der Waals surface area contributed by atoms with E-state index in [0.717, 1.165) is 6.54 Å². The van der Waals surface area contributed by atoms with Crippen molar-refractivity contribution in [3.8, 4) is 0 Å². The van der Waals surface area contributed by atoms with Crippen LogP contribution in [0, 0.1) is 0 Å². The lowest BCUT2D eigenvalue weighted by Crippen LogP contribution is -2.14. The first kappa shape index (κ1) is 15.4. The maximum Gasteiger partial charge on any atom is 0.333 e. The SMILES string of the molecule is COC(=O)/C(C)=C/CNCc1ccc(C(C)C)cc1. The highest BCUT2D eigenvalue weighted by Gasteiger charge is 2.01. The molecular formula is C16H23NO2. The van der Waals surface area contributed by atoms with Crippen LogP contribution in [0.15, 0.2) is 35.9 Å². The van der Waals surface area contributed by atoms with Crippen molar-refractivity contribution < 1.29 is 9.53 Å². The van der Waals surface area contributed by atoms with E-state index < -0.39 is 0 Å². The summed E-state index contributed by atoms with van der Waals surface area (Å²) in [5.41, 5.74) is 3.23. The Morgan fingerprint density at radius 1 is 1.32 bits per heavy atom. The third kappa shape index (κ3) is 5.26. The molecule has 1 N–H and O–H groups in total. The first-order valence-corrected chi connectivity index (χ1v) is 6.59. The van der Waals surface area contributed by atoms with Crippen molar-refractivity contribution in [3.63, 3.8) is 0 Å². The Balaban J connectivity index is 2.39. The number of hydrogen-bond acceptors (Lipinski definition) is 3. The lowest BCUT2D eigenvalue weighted by atomic mass is 10.0. The Labute approximate surface area is 115 Å². The molecule has 1 rings (SSSR count). The summed E-state index contributed by atoms with van der Waals surface area (Å²) in [4.78, 5) is 11.2. The molecule has 0 aliphatic rings. The molecule has 0 fully saturated rings. The molecular weight excluding hydrogens is 238 g/mol. The van der Waals surface area contributed by atoms with E-state index in [1.54, 1.807) is 6.92 Å². The minimum absolute atomic E-state index is 0.275. The molecule has 0 spiro atoms. The second-order valence-corrected chi connectivity index (χ2v) is 4.91. The predicted molar refractivity (Wildman–Crippen MR) is 78.0 cm³/mol. The fourth-order valence-electron chi connectivity index (χ4n) is 1.71. The third-order valence-electron chi connectivity index (χ3n) is 3.04. The molecule has 3 nitrogen and oxygen atoms in total. The second-order valence-electron chi connectivity index (χ2n) is 4.91. The van der Waals surface area contributed by atoms with Crippen LogP contribution in [-0.4, -0.2) is 19.6 Å². The average Bonchev–Trinajstić information content (AvgIpc) is 2.42. The smallest absolute Gasteiger partial charge is 0.333 e. The van der Waals surface area contributed by atoms with Crippen LogP contribution in [0.3, 0.4) is 0 Å². The molecule has 0 unspecified atom stereocenters. The number of nitrogens with one attached hydrogen (secondary N) is 1. The Kier molecular flexibility index (Phi) is 6.30. The molecule has 0 aliphatic heterocycles. The molecule has 19 heavy (non-hydrogen) atoms. The van der Waals surface area contributed by atoms with Crippen molar-refractivity contribution >= 4 is 5.97 Å². The summed E-state index contributed by atoms with van der Waals surface area (Å²) in [5, 5.41) is 3.28. The van der Waals surface area contributed by atoms with Gasteiger partial charge in [-0.05, 0) is 24.0 Å². The highest BCUT2D eigenvalue weighted by atomic mass is 16.5. The Bertz CT molecular complexity index is 433. The van der Waals surface area contributed by atoms with Gasteiger partial charge in [0.15, 0.2) is 0 Å². The summed E-state index contributed by atoms with van der Waals surface area (Å²) in [5.74, 6) is 0.288. The van der Waals surface area contributed by atoms with E-state index in [9.17, 15) is 4.79 Å². The molecule has 1 aromatic rings. The number of carbonyl (C=O) groups is 1. The Hall–Kier alpha value is -1.61. The van der Waals surface area contributed by atoms with Crippen molar-refractivity contribution in [2.45, 2.75) is 33.2 Å². The Morgan fingerprint density at radius 2 is 1.95 bits per heavy atom. The normalized spacial score (nSPS) is 11.7. The van der Waals surface area contributed by atoms with Gasteiger partial charge in [-0.1, -0.05) is 44.2 Å². The zero-order valence-corrected chi connectivity index (χ0v) is 12.2. The molecule has 0 amide bonds. The molecule has 0 radical (unpaired) electrons. The number of esters is 1. The van der Waals surface area contributed by atoms with E-state index in [2.05, 4.69) is 48.2 Å². The Morgan fingerprint density at radius 3 is 2.47 bits per heavy atom. The molecule has 104 valence electrons. The number of ether oxygens (including phenoxy) is 1.